The van der Waals surface area contributed by atoms with Crippen molar-refractivity contribution in [2.24, 2.45) is 0 Å². The fourth-order valence-electron chi connectivity index (χ4n) is 2.04. The van der Waals surface area contributed by atoms with Crippen LogP contribution < -0.4 is 0 Å². The van der Waals surface area contributed by atoms with E-state index in [-0.39, 0.29) is 11.3 Å². The molecule has 0 spiro atoms. The summed E-state index contributed by atoms with van der Waals surface area (Å²) in [6.45, 7) is 2.09. The van der Waals surface area contributed by atoms with Gasteiger partial charge in [-0.1, -0.05) is 73.8 Å². The summed E-state index contributed by atoms with van der Waals surface area (Å²) in [6.07, 6.45) is 27.2. The number of carboxylic acids is 1. The molecule has 0 aliphatic carbocycles. The Kier molecular flexibility index (Phi) is 16.3. The predicted molar refractivity (Wildman–Crippen MR) is 111 cm³/mol. The molecule has 148 valence electrons. The molecule has 1 atom stereocenters. The van der Waals surface area contributed by atoms with Crippen LogP contribution in [0, 0.1) is 10.1 Å². The van der Waals surface area contributed by atoms with E-state index in [1.54, 1.807) is 18.2 Å². The first-order chi connectivity index (χ1) is 13.1. The van der Waals surface area contributed by atoms with Gasteiger partial charge < -0.3 is 5.11 Å². The molecule has 0 radical (unpaired) electrons. The van der Waals surface area contributed by atoms with E-state index in [4.69, 9.17) is 5.11 Å². The highest BCUT2D eigenvalue weighted by molar-refractivity contribution is 5.66. The average molecular weight is 373 g/mol. The van der Waals surface area contributed by atoms with Gasteiger partial charge in [-0.15, -0.1) is 0 Å². The number of nitrogens with zero attached hydrogens (tertiary/aromatic N) is 1. The normalized spacial score (nSPS) is 14.0. The lowest BCUT2D eigenvalue weighted by Crippen LogP contribution is -2.15. The average Bonchev–Trinajstić information content (AvgIpc) is 2.63. The van der Waals surface area contributed by atoms with Crippen LogP contribution in [0.3, 0.4) is 0 Å². The van der Waals surface area contributed by atoms with Gasteiger partial charge in [0, 0.05) is 17.8 Å². The molecule has 0 aromatic heterocycles. The fraction of sp³-hybridized carbons (Fsp3) is 0.409. The zero-order valence-corrected chi connectivity index (χ0v) is 16.1. The van der Waals surface area contributed by atoms with Crippen LogP contribution in [0.4, 0.5) is 0 Å². The Morgan fingerprint density at radius 2 is 1.52 bits per heavy atom. The Balaban J connectivity index is 4.09. The van der Waals surface area contributed by atoms with Gasteiger partial charge in [0.1, 0.15) is 0 Å². The Bertz CT molecular complexity index is 583. The van der Waals surface area contributed by atoms with E-state index >= 15 is 0 Å². The number of hydrogen-bond acceptors (Lipinski definition) is 3. The molecular formula is C22H31NO4. The number of nitro groups is 1. The summed E-state index contributed by atoms with van der Waals surface area (Å²) in [4.78, 5) is 21.1. The number of aliphatic carboxylic acids is 1. The third kappa shape index (κ3) is 17.9. The zero-order valence-electron chi connectivity index (χ0n) is 16.1. The van der Waals surface area contributed by atoms with Gasteiger partial charge in [0.05, 0.1) is 0 Å². The summed E-state index contributed by atoms with van der Waals surface area (Å²) < 4.78 is 0. The molecule has 0 fully saturated rings. The van der Waals surface area contributed by atoms with Crippen LogP contribution in [0.1, 0.15) is 51.9 Å². The van der Waals surface area contributed by atoms with Gasteiger partial charge in [-0.05, 0) is 38.2 Å². The maximum absolute atomic E-state index is 11.1. The lowest BCUT2D eigenvalue weighted by Gasteiger charge is -2.00. The monoisotopic (exact) mass is 373 g/mol. The molecule has 0 saturated heterocycles. The minimum absolute atomic E-state index is 0.140. The van der Waals surface area contributed by atoms with Crippen LogP contribution in [0.2, 0.25) is 0 Å². The lowest BCUT2D eigenvalue weighted by molar-refractivity contribution is -0.508. The van der Waals surface area contributed by atoms with Crippen molar-refractivity contribution < 1.29 is 14.8 Å². The molecule has 0 rings (SSSR count). The molecule has 0 aromatic carbocycles. The molecule has 0 amide bonds. The standard InChI is InChI=1S/C22H31NO4/c1-2-3-4-5-6-9-12-15-18-21(23(26)27)19-16-13-10-7-8-11-14-17-20-22(24)25/h3-4,6-7,9-11,13-16,18,21H,2,5,8,12,17,19-20H2,1H3,(H,24,25). The number of carbonyl (C=O) groups is 1. The Morgan fingerprint density at radius 1 is 0.926 bits per heavy atom. The van der Waals surface area contributed by atoms with Crippen LogP contribution in [0.5, 0.6) is 0 Å². The number of carboxylic acid groups (broad SMARTS) is 1. The van der Waals surface area contributed by atoms with Gasteiger partial charge in [0.15, 0.2) is 0 Å². The second kappa shape index (κ2) is 18.1. The predicted octanol–water partition coefficient (Wildman–Crippen LogP) is 5.80. The highest BCUT2D eigenvalue weighted by atomic mass is 16.6. The first-order valence-electron chi connectivity index (χ1n) is 9.36. The van der Waals surface area contributed by atoms with Crippen molar-refractivity contribution in [1.82, 2.24) is 0 Å². The SMILES string of the molecule is CCC=CCC=CCC=CC(CC=CC=CCC=CCCC(=O)O)[N+](=O)[O-]. The van der Waals surface area contributed by atoms with E-state index in [9.17, 15) is 14.9 Å². The van der Waals surface area contributed by atoms with Crippen LogP contribution in [0.15, 0.2) is 72.9 Å². The fourth-order valence-corrected chi connectivity index (χ4v) is 2.04. The molecule has 5 nitrogen and oxygen atoms in total. The first kappa shape index (κ1) is 24.3. The number of rotatable bonds is 15. The number of hydrogen-bond donors (Lipinski definition) is 1. The Hall–Kier alpha value is -2.69. The van der Waals surface area contributed by atoms with Crippen molar-refractivity contribution in [3.63, 3.8) is 0 Å². The Labute approximate surface area is 162 Å². The first-order valence-corrected chi connectivity index (χ1v) is 9.36. The molecule has 27 heavy (non-hydrogen) atoms. The molecule has 5 heteroatoms. The lowest BCUT2D eigenvalue weighted by atomic mass is 10.1. The zero-order chi connectivity index (χ0) is 20.2. The van der Waals surface area contributed by atoms with Crippen molar-refractivity contribution in [2.45, 2.75) is 57.9 Å². The molecule has 1 N–H and O–H groups in total. The minimum atomic E-state index is -0.798. The van der Waals surface area contributed by atoms with E-state index in [2.05, 4.69) is 25.2 Å². The summed E-state index contributed by atoms with van der Waals surface area (Å²) in [7, 11) is 0. The second-order valence-electron chi connectivity index (χ2n) is 5.83. The summed E-state index contributed by atoms with van der Waals surface area (Å²) in [6, 6.07) is -0.709. The topological polar surface area (TPSA) is 80.4 Å². The summed E-state index contributed by atoms with van der Waals surface area (Å²) in [5, 5.41) is 19.6. The maximum atomic E-state index is 11.1. The van der Waals surface area contributed by atoms with E-state index in [0.717, 1.165) is 12.8 Å². The van der Waals surface area contributed by atoms with Crippen LogP contribution in [-0.4, -0.2) is 22.0 Å². The molecule has 1 unspecified atom stereocenters. The molecule has 0 aliphatic heterocycles. The molecule has 0 aromatic rings. The smallest absolute Gasteiger partial charge is 0.303 e. The highest BCUT2D eigenvalue weighted by Gasteiger charge is 2.12. The van der Waals surface area contributed by atoms with Crippen molar-refractivity contribution in [3.8, 4) is 0 Å². The largest absolute Gasteiger partial charge is 0.481 e. The summed E-state index contributed by atoms with van der Waals surface area (Å²) >= 11 is 0. The minimum Gasteiger partial charge on any atom is -0.481 e. The van der Waals surface area contributed by atoms with Gasteiger partial charge in [-0.2, -0.15) is 0 Å². The molecule has 0 saturated carbocycles. The van der Waals surface area contributed by atoms with Gasteiger partial charge in [-0.3, -0.25) is 14.9 Å². The van der Waals surface area contributed by atoms with E-state index in [1.807, 2.05) is 36.5 Å². The maximum Gasteiger partial charge on any atom is 0.303 e. The van der Waals surface area contributed by atoms with Gasteiger partial charge in [0.25, 0.3) is 0 Å². The van der Waals surface area contributed by atoms with Crippen molar-refractivity contribution in [3.05, 3.63) is 83.0 Å². The molecule has 0 bridgehead atoms. The van der Waals surface area contributed by atoms with E-state index in [1.165, 1.54) is 0 Å². The summed E-state index contributed by atoms with van der Waals surface area (Å²) in [5.74, 6) is -0.798. The van der Waals surface area contributed by atoms with E-state index < -0.39 is 12.0 Å². The third-order valence-corrected chi connectivity index (χ3v) is 3.47. The second-order valence-corrected chi connectivity index (χ2v) is 5.83. The number of allylic oxidation sites excluding steroid dienone is 10. The van der Waals surface area contributed by atoms with Crippen LogP contribution >= 0.6 is 0 Å². The molecule has 0 heterocycles. The van der Waals surface area contributed by atoms with Crippen LogP contribution in [0.25, 0.3) is 0 Å². The van der Waals surface area contributed by atoms with Crippen molar-refractivity contribution in [2.75, 3.05) is 0 Å². The van der Waals surface area contributed by atoms with Gasteiger partial charge >= 0.3 is 5.97 Å². The van der Waals surface area contributed by atoms with Gasteiger partial charge in [-0.25, -0.2) is 0 Å². The molecular weight excluding hydrogens is 342 g/mol. The Morgan fingerprint density at radius 3 is 2.19 bits per heavy atom. The van der Waals surface area contributed by atoms with Crippen LogP contribution in [-0.2, 0) is 4.79 Å². The molecule has 0 aliphatic rings. The van der Waals surface area contributed by atoms with Gasteiger partial charge in [0.2, 0.25) is 6.04 Å². The highest BCUT2D eigenvalue weighted by Crippen LogP contribution is 2.03. The van der Waals surface area contributed by atoms with Crippen molar-refractivity contribution >= 4 is 5.97 Å². The van der Waals surface area contributed by atoms with Crippen molar-refractivity contribution in [1.29, 1.82) is 0 Å². The quantitative estimate of drug-likeness (QED) is 0.170. The summed E-state index contributed by atoms with van der Waals surface area (Å²) in [5.41, 5.74) is 0. The third-order valence-electron chi connectivity index (χ3n) is 3.47. The van der Waals surface area contributed by atoms with E-state index in [0.29, 0.717) is 25.7 Å².